The third kappa shape index (κ3) is 2.62. The predicted molar refractivity (Wildman–Crippen MR) is 71.0 cm³/mol. The third-order valence-corrected chi connectivity index (χ3v) is 2.81. The average Bonchev–Trinajstić information content (AvgIpc) is 2.28. The number of primary amides is 1. The Bertz CT molecular complexity index is 511. The van der Waals surface area contributed by atoms with Crippen LogP contribution in [0.4, 0.5) is 5.69 Å². The van der Waals surface area contributed by atoms with Gasteiger partial charge in [0.1, 0.15) is 16.8 Å². The molecule has 2 rings (SSSR count). The van der Waals surface area contributed by atoms with Gasteiger partial charge in [-0.15, -0.1) is 0 Å². The van der Waals surface area contributed by atoms with Gasteiger partial charge in [0.15, 0.2) is 0 Å². The lowest BCUT2D eigenvalue weighted by Crippen LogP contribution is -2.32. The average molecular weight is 248 g/mol. The minimum Gasteiger partial charge on any atom is -0.481 e. The molecule has 0 radical (unpaired) electrons. The van der Waals surface area contributed by atoms with E-state index in [1.54, 1.807) is 6.08 Å². The number of hydrogen-bond acceptors (Lipinski definition) is 3. The molecule has 1 aliphatic heterocycles. The molecule has 1 aliphatic rings. The minimum absolute atomic E-state index is 0.121. The van der Waals surface area contributed by atoms with Crippen LogP contribution < -0.4 is 15.8 Å². The van der Waals surface area contributed by atoms with Crippen LogP contribution in [0.15, 0.2) is 24.3 Å². The maximum atomic E-state index is 10.6. The number of fused-ring (bicyclic) bond motifs is 1. The van der Waals surface area contributed by atoms with E-state index in [0.29, 0.717) is 4.99 Å². The quantitative estimate of drug-likeness (QED) is 0.617. The molecule has 0 saturated carbocycles. The van der Waals surface area contributed by atoms with E-state index in [2.05, 4.69) is 5.32 Å². The first-order chi connectivity index (χ1) is 8.06. The highest BCUT2D eigenvalue weighted by atomic mass is 32.1. The molecule has 0 aliphatic carbocycles. The number of anilines is 1. The number of nitrogens with one attached hydrogen (secondary N) is 1. The Balaban J connectivity index is 2.28. The smallest absolute Gasteiger partial charge is 0.241 e. The fraction of sp³-hybridized carbons (Fsp3) is 0.167. The van der Waals surface area contributed by atoms with Crippen molar-refractivity contribution in [2.45, 2.75) is 13.0 Å². The highest BCUT2D eigenvalue weighted by molar-refractivity contribution is 7.80. The fourth-order valence-corrected chi connectivity index (χ4v) is 1.67. The Morgan fingerprint density at radius 1 is 1.59 bits per heavy atom. The van der Waals surface area contributed by atoms with Gasteiger partial charge in [-0.05, 0) is 30.7 Å². The maximum Gasteiger partial charge on any atom is 0.241 e. The molecule has 1 aromatic carbocycles. The van der Waals surface area contributed by atoms with Crippen molar-refractivity contribution in [3.63, 3.8) is 0 Å². The maximum absolute atomic E-state index is 10.6. The van der Waals surface area contributed by atoms with Crippen LogP contribution in [-0.4, -0.2) is 17.0 Å². The summed E-state index contributed by atoms with van der Waals surface area (Å²) in [7, 11) is 0. The number of nitrogens with two attached hydrogens (primary N) is 1. The van der Waals surface area contributed by atoms with Crippen molar-refractivity contribution in [3.8, 4) is 5.75 Å². The lowest BCUT2D eigenvalue weighted by molar-refractivity contribution is -0.113. The molecule has 1 aromatic rings. The molecular weight excluding hydrogens is 236 g/mol. The molecule has 1 atom stereocenters. The van der Waals surface area contributed by atoms with Crippen molar-refractivity contribution in [3.05, 3.63) is 29.8 Å². The zero-order valence-corrected chi connectivity index (χ0v) is 10.1. The Hall–Kier alpha value is -1.88. The van der Waals surface area contributed by atoms with Gasteiger partial charge >= 0.3 is 0 Å². The first-order valence-corrected chi connectivity index (χ1v) is 5.56. The summed E-state index contributed by atoms with van der Waals surface area (Å²) in [6.45, 7) is 1.89. The summed E-state index contributed by atoms with van der Waals surface area (Å²) < 4.78 is 5.61. The summed E-state index contributed by atoms with van der Waals surface area (Å²) in [5.74, 6) is 0.276. The number of carbonyl (C=O) groups is 1. The van der Waals surface area contributed by atoms with Gasteiger partial charge in [-0.1, -0.05) is 18.3 Å². The van der Waals surface area contributed by atoms with Crippen molar-refractivity contribution >= 4 is 34.9 Å². The van der Waals surface area contributed by atoms with E-state index in [1.807, 2.05) is 25.1 Å². The molecule has 88 valence electrons. The van der Waals surface area contributed by atoms with E-state index in [4.69, 9.17) is 22.7 Å². The van der Waals surface area contributed by atoms with Crippen LogP contribution in [0.25, 0.3) is 6.08 Å². The van der Waals surface area contributed by atoms with Gasteiger partial charge in [-0.25, -0.2) is 0 Å². The molecule has 17 heavy (non-hydrogen) atoms. The summed E-state index contributed by atoms with van der Waals surface area (Å²) >= 11 is 5.13. The van der Waals surface area contributed by atoms with Crippen LogP contribution in [0, 0.1) is 0 Å². The minimum atomic E-state index is -0.476. The summed E-state index contributed by atoms with van der Waals surface area (Å²) in [6, 6.07) is 5.54. The van der Waals surface area contributed by atoms with E-state index in [1.165, 1.54) is 6.08 Å². The van der Waals surface area contributed by atoms with Crippen LogP contribution in [-0.2, 0) is 4.79 Å². The second kappa shape index (κ2) is 4.55. The third-order valence-electron chi connectivity index (χ3n) is 2.37. The molecule has 1 unspecified atom stereocenters. The van der Waals surface area contributed by atoms with Crippen LogP contribution in [0.1, 0.15) is 12.5 Å². The molecule has 0 aromatic heterocycles. The van der Waals surface area contributed by atoms with Crippen molar-refractivity contribution in [2.24, 2.45) is 5.73 Å². The molecule has 1 amide bonds. The summed E-state index contributed by atoms with van der Waals surface area (Å²) in [5, 5.41) is 3.09. The van der Waals surface area contributed by atoms with Gasteiger partial charge in [-0.3, -0.25) is 4.79 Å². The van der Waals surface area contributed by atoms with E-state index in [9.17, 15) is 4.79 Å². The summed E-state index contributed by atoms with van der Waals surface area (Å²) in [4.78, 5) is 11.3. The first-order valence-electron chi connectivity index (χ1n) is 5.15. The van der Waals surface area contributed by atoms with Gasteiger partial charge < -0.3 is 15.8 Å². The monoisotopic (exact) mass is 248 g/mol. The molecule has 1 heterocycles. The van der Waals surface area contributed by atoms with Crippen LogP contribution in [0.5, 0.6) is 5.75 Å². The predicted octanol–water partition coefficient (Wildman–Crippen LogP) is 1.71. The zero-order valence-electron chi connectivity index (χ0n) is 9.27. The molecular formula is C12H12N2O2S. The van der Waals surface area contributed by atoms with Crippen molar-refractivity contribution < 1.29 is 9.53 Å². The molecule has 0 fully saturated rings. The molecule has 5 heteroatoms. The van der Waals surface area contributed by atoms with E-state index in [0.717, 1.165) is 17.0 Å². The molecule has 0 bridgehead atoms. The molecule has 0 saturated heterocycles. The van der Waals surface area contributed by atoms with Crippen LogP contribution in [0.2, 0.25) is 0 Å². The van der Waals surface area contributed by atoms with Crippen molar-refractivity contribution in [1.29, 1.82) is 0 Å². The summed E-state index contributed by atoms with van der Waals surface area (Å²) in [6.07, 6.45) is 2.84. The Morgan fingerprint density at radius 3 is 3.06 bits per heavy atom. The number of ether oxygens (including phenoxy) is 1. The number of hydrogen-bond donors (Lipinski definition) is 2. The van der Waals surface area contributed by atoms with Gasteiger partial charge in [0, 0.05) is 6.08 Å². The summed E-state index contributed by atoms with van der Waals surface area (Å²) in [5.41, 5.74) is 6.69. The highest BCUT2D eigenvalue weighted by Crippen LogP contribution is 2.31. The topological polar surface area (TPSA) is 64.3 Å². The standard InChI is InChI=1S/C12H12N2O2S/c1-7-12(17)14-9-6-8(3-5-11(13)15)2-4-10(9)16-7/h2-7H,1H3,(H2,13,15)(H,14,17). The second-order valence-corrected chi connectivity index (χ2v) is 4.18. The number of amides is 1. The Kier molecular flexibility index (Phi) is 3.10. The van der Waals surface area contributed by atoms with Gasteiger partial charge in [-0.2, -0.15) is 0 Å². The second-order valence-electron chi connectivity index (χ2n) is 3.74. The largest absolute Gasteiger partial charge is 0.481 e. The Labute approximate surface area is 104 Å². The van der Waals surface area contributed by atoms with Crippen molar-refractivity contribution in [2.75, 3.05) is 5.32 Å². The lowest BCUT2D eigenvalue weighted by Gasteiger charge is -2.25. The van der Waals surface area contributed by atoms with Gasteiger partial charge in [0.05, 0.1) is 5.69 Å². The van der Waals surface area contributed by atoms with Gasteiger partial charge in [0.25, 0.3) is 0 Å². The number of rotatable bonds is 2. The normalized spacial score (nSPS) is 18.4. The number of carbonyl (C=O) groups excluding carboxylic acids is 1. The van der Waals surface area contributed by atoms with Gasteiger partial charge in [0.2, 0.25) is 5.91 Å². The lowest BCUT2D eigenvalue weighted by atomic mass is 10.1. The van der Waals surface area contributed by atoms with E-state index in [-0.39, 0.29) is 6.10 Å². The first kappa shape index (κ1) is 11.6. The SMILES string of the molecule is CC1Oc2ccc(C=CC(N)=O)cc2NC1=S. The van der Waals surface area contributed by atoms with Crippen molar-refractivity contribution in [1.82, 2.24) is 0 Å². The molecule has 4 nitrogen and oxygen atoms in total. The fourth-order valence-electron chi connectivity index (χ4n) is 1.51. The van der Waals surface area contributed by atoms with Crippen LogP contribution >= 0.6 is 12.2 Å². The number of benzene rings is 1. The van der Waals surface area contributed by atoms with Crippen LogP contribution in [0.3, 0.4) is 0 Å². The molecule has 0 spiro atoms. The Morgan fingerprint density at radius 2 is 2.35 bits per heavy atom. The zero-order chi connectivity index (χ0) is 12.4. The van der Waals surface area contributed by atoms with E-state index < -0.39 is 5.91 Å². The van der Waals surface area contributed by atoms with E-state index >= 15 is 0 Å². The molecule has 3 N–H and O–H groups in total. The highest BCUT2D eigenvalue weighted by Gasteiger charge is 2.19. The number of thiocarbonyl (C=S) groups is 1.